The van der Waals surface area contributed by atoms with Gasteiger partial charge in [-0.25, -0.2) is 14.6 Å². The molecule has 0 bridgehead atoms. The molecule has 2 rings (SSSR count). The van der Waals surface area contributed by atoms with Crippen molar-refractivity contribution in [3.63, 3.8) is 0 Å². The third kappa shape index (κ3) is 1.07. The molecular formula is C8H11N5O. The van der Waals surface area contributed by atoms with E-state index in [0.29, 0.717) is 5.88 Å². The van der Waals surface area contributed by atoms with Gasteiger partial charge < -0.3 is 10.1 Å². The fraction of sp³-hybridized carbons (Fsp3) is 0.375. The Balaban J connectivity index is 2.82. The number of fused-ring (bicyclic) bond motifs is 1. The van der Waals surface area contributed by atoms with Gasteiger partial charge in [-0.3, -0.25) is 0 Å². The lowest BCUT2D eigenvalue weighted by Crippen LogP contribution is -1.96. The van der Waals surface area contributed by atoms with Crippen LogP contribution < -0.4 is 10.1 Å². The van der Waals surface area contributed by atoms with E-state index in [4.69, 9.17) is 4.74 Å². The molecule has 0 spiro atoms. The largest absolute Gasteiger partial charge is 0.479 e. The van der Waals surface area contributed by atoms with Gasteiger partial charge in [0.05, 0.1) is 7.11 Å². The van der Waals surface area contributed by atoms with E-state index >= 15 is 0 Å². The summed E-state index contributed by atoms with van der Waals surface area (Å²) in [6.07, 6.45) is 1.50. The number of methoxy groups -OCH3 is 1. The first-order chi connectivity index (χ1) is 6.77. The van der Waals surface area contributed by atoms with Crippen LogP contribution in [-0.4, -0.2) is 33.9 Å². The van der Waals surface area contributed by atoms with Gasteiger partial charge in [0, 0.05) is 14.1 Å². The molecule has 0 fully saturated rings. The van der Waals surface area contributed by atoms with Crippen LogP contribution in [0.15, 0.2) is 6.33 Å². The van der Waals surface area contributed by atoms with E-state index in [9.17, 15) is 0 Å². The first-order valence-corrected chi connectivity index (χ1v) is 4.17. The molecule has 1 N–H and O–H groups in total. The second kappa shape index (κ2) is 3.13. The van der Waals surface area contributed by atoms with Gasteiger partial charge in [0.15, 0.2) is 5.65 Å². The maximum atomic E-state index is 5.14. The summed E-state index contributed by atoms with van der Waals surface area (Å²) in [7, 11) is 5.19. The van der Waals surface area contributed by atoms with E-state index in [1.165, 1.54) is 6.33 Å². The van der Waals surface area contributed by atoms with E-state index < -0.39 is 0 Å². The lowest BCUT2D eigenvalue weighted by atomic mass is 10.4. The highest BCUT2D eigenvalue weighted by Crippen LogP contribution is 2.27. The van der Waals surface area contributed by atoms with Crippen molar-refractivity contribution in [3.05, 3.63) is 6.33 Å². The summed E-state index contributed by atoms with van der Waals surface area (Å²) in [6.45, 7) is 0. The Morgan fingerprint density at radius 1 is 1.43 bits per heavy atom. The number of hydrogen-bond acceptors (Lipinski definition) is 5. The molecule has 0 aliphatic rings. The molecule has 0 unspecified atom stereocenters. The highest BCUT2D eigenvalue weighted by molar-refractivity contribution is 5.91. The SMILES string of the molecule is CNc1ncnc2c1c(OC)nn2C. The van der Waals surface area contributed by atoms with E-state index in [1.807, 2.05) is 7.05 Å². The van der Waals surface area contributed by atoms with Crippen molar-refractivity contribution in [3.8, 4) is 5.88 Å². The first-order valence-electron chi connectivity index (χ1n) is 4.17. The van der Waals surface area contributed by atoms with Gasteiger partial charge in [-0.15, -0.1) is 5.10 Å². The van der Waals surface area contributed by atoms with Crippen LogP contribution in [0.3, 0.4) is 0 Å². The number of aromatic nitrogens is 4. The molecule has 0 atom stereocenters. The number of nitrogens with zero attached hydrogens (tertiary/aromatic N) is 4. The molecule has 0 aromatic carbocycles. The molecule has 0 saturated carbocycles. The molecular weight excluding hydrogens is 182 g/mol. The molecule has 2 aromatic rings. The lowest BCUT2D eigenvalue weighted by Gasteiger charge is -2.00. The van der Waals surface area contributed by atoms with Crippen LogP contribution in [0.1, 0.15) is 0 Å². The zero-order valence-corrected chi connectivity index (χ0v) is 8.27. The number of ether oxygens (including phenoxy) is 1. The summed E-state index contributed by atoms with van der Waals surface area (Å²) in [5.41, 5.74) is 0.751. The number of nitrogens with one attached hydrogen (secondary N) is 1. The molecule has 6 heteroatoms. The Morgan fingerprint density at radius 2 is 2.21 bits per heavy atom. The van der Waals surface area contributed by atoms with Gasteiger partial charge in [0.2, 0.25) is 5.88 Å². The molecule has 2 heterocycles. The number of aryl methyl sites for hydroxylation is 1. The van der Waals surface area contributed by atoms with Gasteiger partial charge in [-0.2, -0.15) is 0 Å². The summed E-state index contributed by atoms with van der Waals surface area (Å²) >= 11 is 0. The minimum absolute atomic E-state index is 0.535. The summed E-state index contributed by atoms with van der Waals surface area (Å²) in [5.74, 6) is 1.26. The fourth-order valence-corrected chi connectivity index (χ4v) is 1.38. The quantitative estimate of drug-likeness (QED) is 0.748. The van der Waals surface area contributed by atoms with Crippen molar-refractivity contribution in [1.82, 2.24) is 19.7 Å². The van der Waals surface area contributed by atoms with Crippen LogP contribution in [0, 0.1) is 0 Å². The summed E-state index contributed by atoms with van der Waals surface area (Å²) in [6, 6.07) is 0. The van der Waals surface area contributed by atoms with E-state index in [2.05, 4.69) is 20.4 Å². The summed E-state index contributed by atoms with van der Waals surface area (Å²) < 4.78 is 6.80. The van der Waals surface area contributed by atoms with Crippen molar-refractivity contribution < 1.29 is 4.74 Å². The zero-order valence-electron chi connectivity index (χ0n) is 8.27. The van der Waals surface area contributed by atoms with Crippen molar-refractivity contribution in [2.45, 2.75) is 0 Å². The predicted octanol–water partition coefficient (Wildman–Crippen LogP) is 0.414. The Morgan fingerprint density at radius 3 is 2.86 bits per heavy atom. The van der Waals surface area contributed by atoms with Crippen LogP contribution >= 0.6 is 0 Å². The molecule has 0 aliphatic heterocycles. The van der Waals surface area contributed by atoms with Gasteiger partial charge in [-0.05, 0) is 0 Å². The molecule has 0 radical (unpaired) electrons. The van der Waals surface area contributed by atoms with Crippen LogP contribution in [0.4, 0.5) is 5.82 Å². The van der Waals surface area contributed by atoms with Gasteiger partial charge in [0.25, 0.3) is 0 Å². The second-order valence-electron chi connectivity index (χ2n) is 2.80. The van der Waals surface area contributed by atoms with Crippen molar-refractivity contribution >= 4 is 16.9 Å². The van der Waals surface area contributed by atoms with Gasteiger partial charge >= 0.3 is 0 Å². The number of anilines is 1. The molecule has 74 valence electrons. The van der Waals surface area contributed by atoms with Crippen molar-refractivity contribution in [2.75, 3.05) is 19.5 Å². The van der Waals surface area contributed by atoms with Crippen LogP contribution in [-0.2, 0) is 7.05 Å². The standard InChI is InChI=1S/C8H11N5O/c1-9-6-5-7(11-4-10-6)13(2)12-8(5)14-3/h4H,1-3H3,(H,9,10,11). The van der Waals surface area contributed by atoms with Crippen molar-refractivity contribution in [2.24, 2.45) is 7.05 Å². The molecule has 14 heavy (non-hydrogen) atoms. The maximum Gasteiger partial charge on any atom is 0.246 e. The highest BCUT2D eigenvalue weighted by Gasteiger charge is 2.14. The molecule has 0 amide bonds. The molecule has 6 nitrogen and oxygen atoms in total. The van der Waals surface area contributed by atoms with Crippen molar-refractivity contribution in [1.29, 1.82) is 0 Å². The average Bonchev–Trinajstić information content (AvgIpc) is 2.56. The average molecular weight is 193 g/mol. The minimum Gasteiger partial charge on any atom is -0.479 e. The Labute approximate surface area is 80.9 Å². The monoisotopic (exact) mass is 193 g/mol. The Bertz CT molecular complexity index is 464. The fourth-order valence-electron chi connectivity index (χ4n) is 1.38. The van der Waals surface area contributed by atoms with Crippen LogP contribution in [0.25, 0.3) is 11.0 Å². The smallest absolute Gasteiger partial charge is 0.246 e. The maximum absolute atomic E-state index is 5.14. The summed E-state index contributed by atoms with van der Waals surface area (Å²) in [5, 5.41) is 7.95. The Kier molecular flexibility index (Phi) is 1.95. The number of rotatable bonds is 2. The zero-order chi connectivity index (χ0) is 10.1. The second-order valence-corrected chi connectivity index (χ2v) is 2.80. The summed E-state index contributed by atoms with van der Waals surface area (Å²) in [4.78, 5) is 8.22. The third-order valence-corrected chi connectivity index (χ3v) is 2.02. The van der Waals surface area contributed by atoms with E-state index in [-0.39, 0.29) is 0 Å². The molecule has 0 aliphatic carbocycles. The topological polar surface area (TPSA) is 64.9 Å². The Hall–Kier alpha value is -1.85. The third-order valence-electron chi connectivity index (χ3n) is 2.02. The number of hydrogen-bond donors (Lipinski definition) is 1. The normalized spacial score (nSPS) is 10.5. The highest BCUT2D eigenvalue weighted by atomic mass is 16.5. The lowest BCUT2D eigenvalue weighted by molar-refractivity contribution is 0.396. The molecule has 0 saturated heterocycles. The minimum atomic E-state index is 0.535. The van der Waals surface area contributed by atoms with Gasteiger partial charge in [-0.1, -0.05) is 0 Å². The first kappa shape index (κ1) is 8.74. The van der Waals surface area contributed by atoms with E-state index in [1.54, 1.807) is 18.8 Å². The molecule has 2 aromatic heterocycles. The van der Waals surface area contributed by atoms with Crippen LogP contribution in [0.2, 0.25) is 0 Å². The van der Waals surface area contributed by atoms with E-state index in [0.717, 1.165) is 16.9 Å². The van der Waals surface area contributed by atoms with Gasteiger partial charge in [0.1, 0.15) is 17.5 Å². The van der Waals surface area contributed by atoms with Crippen LogP contribution in [0.5, 0.6) is 5.88 Å². The predicted molar refractivity (Wildman–Crippen MR) is 52.4 cm³/mol.